The number of carbonyl (C=O) groups excluding carboxylic acids is 3. The van der Waals surface area contributed by atoms with Crippen molar-refractivity contribution >= 4 is 29.0 Å². The van der Waals surface area contributed by atoms with Crippen LogP contribution in [0.25, 0.3) is 0 Å². The van der Waals surface area contributed by atoms with E-state index in [1.807, 2.05) is 31.2 Å². The molecule has 0 radical (unpaired) electrons. The lowest BCUT2D eigenvalue weighted by atomic mass is 9.67. The first-order valence-electron chi connectivity index (χ1n) is 10.3. The number of para-hydroxylation sites is 1. The highest BCUT2D eigenvalue weighted by molar-refractivity contribution is 6.10. The minimum absolute atomic E-state index is 0.0260. The number of aryl methyl sites for hydroxylation is 1. The average Bonchev–Trinajstić information content (AvgIpc) is 2.68. The number of carbonyl (C=O) groups is 3. The summed E-state index contributed by atoms with van der Waals surface area (Å²) >= 11 is 0. The largest absolute Gasteiger partial charge is 0.325 e. The van der Waals surface area contributed by atoms with Crippen molar-refractivity contribution in [1.82, 2.24) is 0 Å². The molecule has 0 aromatic heterocycles. The fraction of sp³-hybridized carbons (Fsp3) is 0.375. The molecule has 0 heterocycles. The molecular formula is C24H26N2O3. The molecule has 2 aromatic rings. The molecule has 2 saturated carbocycles. The molecule has 2 aliphatic rings. The molecule has 0 aliphatic heterocycles. The van der Waals surface area contributed by atoms with E-state index in [0.717, 1.165) is 30.5 Å². The van der Waals surface area contributed by atoms with E-state index in [2.05, 4.69) is 10.6 Å². The van der Waals surface area contributed by atoms with Gasteiger partial charge in [-0.25, -0.2) is 0 Å². The Bertz CT molecular complexity index is 937. The number of anilines is 2. The first-order chi connectivity index (χ1) is 14.0. The summed E-state index contributed by atoms with van der Waals surface area (Å²) in [7, 11) is 0. The molecule has 2 unspecified atom stereocenters. The summed E-state index contributed by atoms with van der Waals surface area (Å²) in [5.74, 6) is -0.127. The zero-order valence-corrected chi connectivity index (χ0v) is 16.6. The molecule has 5 nitrogen and oxygen atoms in total. The van der Waals surface area contributed by atoms with Crippen LogP contribution in [0.4, 0.5) is 11.4 Å². The third kappa shape index (κ3) is 4.24. The highest BCUT2D eigenvalue weighted by Crippen LogP contribution is 2.40. The van der Waals surface area contributed by atoms with Gasteiger partial charge in [0.1, 0.15) is 5.78 Å². The van der Waals surface area contributed by atoms with Crippen molar-refractivity contribution < 1.29 is 14.4 Å². The Hall–Kier alpha value is -2.95. The van der Waals surface area contributed by atoms with Crippen LogP contribution in [0.15, 0.2) is 48.5 Å². The summed E-state index contributed by atoms with van der Waals surface area (Å²) in [5.41, 5.74) is 2.70. The SMILES string of the molecule is Cc1cccc(NC(=O)c2ccccc2NC(=O)C2CC3CCCC(C2)C3=O)c1. The van der Waals surface area contributed by atoms with Gasteiger partial charge in [-0.1, -0.05) is 30.7 Å². The van der Waals surface area contributed by atoms with Crippen LogP contribution in [-0.2, 0) is 9.59 Å². The molecule has 4 rings (SSSR count). The maximum absolute atomic E-state index is 12.9. The van der Waals surface area contributed by atoms with E-state index in [4.69, 9.17) is 0 Å². The van der Waals surface area contributed by atoms with E-state index in [-0.39, 0.29) is 29.6 Å². The summed E-state index contributed by atoms with van der Waals surface area (Å²) in [5, 5.41) is 5.85. The maximum atomic E-state index is 12.9. The highest BCUT2D eigenvalue weighted by Gasteiger charge is 2.41. The summed E-state index contributed by atoms with van der Waals surface area (Å²) < 4.78 is 0. The molecule has 2 fully saturated rings. The molecule has 5 heteroatoms. The van der Waals surface area contributed by atoms with Crippen LogP contribution in [0.3, 0.4) is 0 Å². The van der Waals surface area contributed by atoms with Crippen LogP contribution in [-0.4, -0.2) is 17.6 Å². The summed E-state index contributed by atoms with van der Waals surface area (Å²) in [6, 6.07) is 14.6. The summed E-state index contributed by atoms with van der Waals surface area (Å²) in [4.78, 5) is 38.0. The standard InChI is InChI=1S/C24H26N2O3/c1-15-6-4-9-19(12-15)25-24(29)20-10-2-3-11-21(20)26-23(28)18-13-16-7-5-8-17(14-18)22(16)27/h2-4,6,9-12,16-18H,5,7-8,13-14H2,1H3,(H,25,29)(H,26,28). The third-order valence-corrected chi connectivity index (χ3v) is 6.12. The number of hydrogen-bond donors (Lipinski definition) is 2. The number of benzene rings is 2. The van der Waals surface area contributed by atoms with E-state index < -0.39 is 0 Å². The van der Waals surface area contributed by atoms with E-state index >= 15 is 0 Å². The quantitative estimate of drug-likeness (QED) is 0.802. The van der Waals surface area contributed by atoms with E-state index in [9.17, 15) is 14.4 Å². The number of rotatable bonds is 4. The van der Waals surface area contributed by atoms with Gasteiger partial charge in [-0.3, -0.25) is 14.4 Å². The first-order valence-corrected chi connectivity index (χ1v) is 10.3. The van der Waals surface area contributed by atoms with Gasteiger partial charge in [0.25, 0.3) is 5.91 Å². The van der Waals surface area contributed by atoms with Crippen LogP contribution >= 0.6 is 0 Å². The van der Waals surface area contributed by atoms with Crippen LogP contribution < -0.4 is 10.6 Å². The first kappa shape index (κ1) is 19.4. The Kier molecular flexibility index (Phi) is 5.47. The number of ketones is 1. The normalized spacial score (nSPS) is 23.3. The van der Waals surface area contributed by atoms with E-state index in [1.165, 1.54) is 0 Å². The molecule has 2 atom stereocenters. The molecule has 29 heavy (non-hydrogen) atoms. The predicted octanol–water partition coefficient (Wildman–Crippen LogP) is 4.58. The molecule has 2 N–H and O–H groups in total. The fourth-order valence-electron chi connectivity index (χ4n) is 4.64. The monoisotopic (exact) mass is 390 g/mol. The number of nitrogens with one attached hydrogen (secondary N) is 2. The second-order valence-corrected chi connectivity index (χ2v) is 8.25. The van der Waals surface area contributed by atoms with Crippen molar-refractivity contribution in [3.63, 3.8) is 0 Å². The molecule has 2 aromatic carbocycles. The number of fused-ring (bicyclic) bond motifs is 2. The Morgan fingerprint density at radius 3 is 2.38 bits per heavy atom. The van der Waals surface area contributed by atoms with Crippen molar-refractivity contribution in [2.24, 2.45) is 17.8 Å². The van der Waals surface area contributed by atoms with Gasteiger partial charge in [-0.2, -0.15) is 0 Å². The van der Waals surface area contributed by atoms with Crippen LogP contribution in [0.2, 0.25) is 0 Å². The lowest BCUT2D eigenvalue weighted by molar-refractivity contribution is -0.136. The fourth-order valence-corrected chi connectivity index (χ4v) is 4.64. The zero-order chi connectivity index (χ0) is 20.4. The summed E-state index contributed by atoms with van der Waals surface area (Å²) in [6.45, 7) is 1.97. The molecular weight excluding hydrogens is 364 g/mol. The Labute approximate surface area is 170 Å². The number of amides is 2. The van der Waals surface area contributed by atoms with Crippen LogP contribution in [0.5, 0.6) is 0 Å². The van der Waals surface area contributed by atoms with Gasteiger partial charge in [0.15, 0.2) is 0 Å². The lowest BCUT2D eigenvalue weighted by Gasteiger charge is -2.37. The zero-order valence-electron chi connectivity index (χ0n) is 16.6. The second kappa shape index (κ2) is 8.19. The Balaban J connectivity index is 1.47. The molecule has 150 valence electrons. The van der Waals surface area contributed by atoms with Gasteiger partial charge < -0.3 is 10.6 Å². The van der Waals surface area contributed by atoms with Crippen molar-refractivity contribution in [2.75, 3.05) is 10.6 Å². The number of Topliss-reactive ketones (excluding diaryl/α,β-unsaturated/α-hetero) is 1. The summed E-state index contributed by atoms with van der Waals surface area (Å²) in [6.07, 6.45) is 4.12. The van der Waals surface area contributed by atoms with E-state index in [0.29, 0.717) is 29.9 Å². The van der Waals surface area contributed by atoms with E-state index in [1.54, 1.807) is 24.3 Å². The Morgan fingerprint density at radius 1 is 0.931 bits per heavy atom. The molecule has 0 saturated heterocycles. The van der Waals surface area contributed by atoms with Gasteiger partial charge in [-0.05, 0) is 62.4 Å². The Morgan fingerprint density at radius 2 is 1.66 bits per heavy atom. The molecule has 2 aliphatic carbocycles. The average molecular weight is 390 g/mol. The smallest absolute Gasteiger partial charge is 0.257 e. The van der Waals surface area contributed by atoms with Crippen molar-refractivity contribution in [2.45, 2.75) is 39.0 Å². The van der Waals surface area contributed by atoms with Crippen LogP contribution in [0, 0.1) is 24.7 Å². The minimum atomic E-state index is -0.262. The third-order valence-electron chi connectivity index (χ3n) is 6.12. The topological polar surface area (TPSA) is 75.3 Å². The highest BCUT2D eigenvalue weighted by atomic mass is 16.2. The predicted molar refractivity (Wildman–Crippen MR) is 113 cm³/mol. The maximum Gasteiger partial charge on any atom is 0.257 e. The van der Waals surface area contributed by atoms with Gasteiger partial charge in [-0.15, -0.1) is 0 Å². The van der Waals surface area contributed by atoms with Crippen molar-refractivity contribution in [3.05, 3.63) is 59.7 Å². The van der Waals surface area contributed by atoms with Crippen molar-refractivity contribution in [1.29, 1.82) is 0 Å². The van der Waals surface area contributed by atoms with Gasteiger partial charge in [0, 0.05) is 23.4 Å². The van der Waals surface area contributed by atoms with Gasteiger partial charge in [0.2, 0.25) is 5.91 Å². The molecule has 2 amide bonds. The molecule has 2 bridgehead atoms. The molecule has 0 spiro atoms. The van der Waals surface area contributed by atoms with Crippen molar-refractivity contribution in [3.8, 4) is 0 Å². The lowest BCUT2D eigenvalue weighted by Crippen LogP contribution is -2.40. The second-order valence-electron chi connectivity index (χ2n) is 8.25. The number of hydrogen-bond acceptors (Lipinski definition) is 3. The minimum Gasteiger partial charge on any atom is -0.325 e. The van der Waals surface area contributed by atoms with Gasteiger partial charge in [0.05, 0.1) is 11.3 Å². The van der Waals surface area contributed by atoms with Gasteiger partial charge >= 0.3 is 0 Å². The van der Waals surface area contributed by atoms with Crippen LogP contribution in [0.1, 0.15) is 48.0 Å².